The van der Waals surface area contributed by atoms with Gasteiger partial charge in [0.25, 0.3) is 0 Å². The van der Waals surface area contributed by atoms with Crippen molar-refractivity contribution in [2.24, 2.45) is 0 Å². The number of aliphatic hydroxyl groups is 1. The molecule has 0 heterocycles. The van der Waals surface area contributed by atoms with E-state index in [-0.39, 0.29) is 10.7 Å². The second-order valence-electron chi connectivity index (χ2n) is 4.03. The van der Waals surface area contributed by atoms with E-state index < -0.39 is 30.7 Å². The zero-order valence-corrected chi connectivity index (χ0v) is 11.0. The van der Waals surface area contributed by atoms with Crippen LogP contribution in [-0.4, -0.2) is 41.9 Å². The van der Waals surface area contributed by atoms with Crippen molar-refractivity contribution >= 4 is 23.3 Å². The van der Waals surface area contributed by atoms with Gasteiger partial charge in [-0.25, -0.2) is 9.18 Å². The van der Waals surface area contributed by atoms with E-state index in [2.05, 4.69) is 5.32 Å². The smallest absolute Gasteiger partial charge is 0.382 e. The zero-order valence-electron chi connectivity index (χ0n) is 10.2. The van der Waals surface area contributed by atoms with Crippen LogP contribution >= 0.6 is 11.6 Å². The SMILES string of the molecule is CN(CC(O)C(F)(F)F)C(=O)Nc1cc(F)cc(Cl)c1. The van der Waals surface area contributed by atoms with E-state index >= 15 is 0 Å². The molecule has 2 amide bonds. The highest BCUT2D eigenvalue weighted by atomic mass is 35.5. The standard InChI is InChI=1S/C11H11ClF4N2O2/c1-18(5-9(19)11(14,15)16)10(20)17-8-3-6(12)2-7(13)4-8/h2-4,9,19H,5H2,1H3,(H,17,20). The fourth-order valence-electron chi connectivity index (χ4n) is 1.29. The summed E-state index contributed by atoms with van der Waals surface area (Å²) in [4.78, 5) is 12.2. The van der Waals surface area contributed by atoms with Crippen molar-refractivity contribution in [3.8, 4) is 0 Å². The second-order valence-corrected chi connectivity index (χ2v) is 4.46. The normalized spacial score (nSPS) is 12.9. The van der Waals surface area contributed by atoms with Gasteiger partial charge in [-0.3, -0.25) is 0 Å². The minimum absolute atomic E-state index is 0.00616. The molecule has 0 aromatic heterocycles. The van der Waals surface area contributed by atoms with Gasteiger partial charge in [-0.05, 0) is 18.2 Å². The molecule has 20 heavy (non-hydrogen) atoms. The molecule has 1 unspecified atom stereocenters. The average molecular weight is 315 g/mol. The maximum Gasteiger partial charge on any atom is 0.416 e. The monoisotopic (exact) mass is 314 g/mol. The number of benzene rings is 1. The summed E-state index contributed by atoms with van der Waals surface area (Å²) in [7, 11) is 1.06. The Kier molecular flexibility index (Phi) is 5.18. The number of urea groups is 1. The minimum Gasteiger partial charge on any atom is -0.382 e. The highest BCUT2D eigenvalue weighted by Crippen LogP contribution is 2.21. The summed E-state index contributed by atoms with van der Waals surface area (Å²) in [6.07, 6.45) is -7.48. The maximum atomic E-state index is 13.0. The molecule has 0 radical (unpaired) electrons. The van der Waals surface area contributed by atoms with Crippen molar-refractivity contribution in [1.82, 2.24) is 4.90 Å². The lowest BCUT2D eigenvalue weighted by atomic mass is 10.3. The first-order valence-corrected chi connectivity index (χ1v) is 5.70. The van der Waals surface area contributed by atoms with Crippen LogP contribution in [0.2, 0.25) is 5.02 Å². The average Bonchev–Trinajstić information content (AvgIpc) is 2.25. The van der Waals surface area contributed by atoms with Gasteiger partial charge in [0.15, 0.2) is 6.10 Å². The van der Waals surface area contributed by atoms with Crippen LogP contribution in [-0.2, 0) is 0 Å². The predicted octanol–water partition coefficient (Wildman–Crippen LogP) is 2.87. The van der Waals surface area contributed by atoms with Crippen molar-refractivity contribution in [3.05, 3.63) is 29.0 Å². The van der Waals surface area contributed by atoms with Gasteiger partial charge in [0.1, 0.15) is 5.82 Å². The Morgan fingerprint density at radius 1 is 1.45 bits per heavy atom. The van der Waals surface area contributed by atoms with Crippen molar-refractivity contribution in [1.29, 1.82) is 0 Å². The molecule has 0 aliphatic carbocycles. The molecule has 1 atom stereocenters. The number of anilines is 1. The number of amides is 2. The molecule has 0 aliphatic heterocycles. The fraction of sp³-hybridized carbons (Fsp3) is 0.364. The van der Waals surface area contributed by atoms with Gasteiger partial charge in [-0.1, -0.05) is 11.6 Å². The molecule has 0 spiro atoms. The molecule has 0 saturated carbocycles. The summed E-state index contributed by atoms with van der Waals surface area (Å²) >= 11 is 5.56. The summed E-state index contributed by atoms with van der Waals surface area (Å²) < 4.78 is 49.4. The highest BCUT2D eigenvalue weighted by molar-refractivity contribution is 6.30. The Labute approximate surface area is 116 Å². The number of likely N-dealkylation sites (N-methyl/N-ethyl adjacent to an activating group) is 1. The Morgan fingerprint density at radius 2 is 2.05 bits per heavy atom. The number of hydrogen-bond donors (Lipinski definition) is 2. The van der Waals surface area contributed by atoms with E-state index in [9.17, 15) is 22.4 Å². The second kappa shape index (κ2) is 6.27. The van der Waals surface area contributed by atoms with Crippen molar-refractivity contribution < 1.29 is 27.5 Å². The van der Waals surface area contributed by atoms with Crippen LogP contribution in [0.5, 0.6) is 0 Å². The zero-order chi connectivity index (χ0) is 15.5. The lowest BCUT2D eigenvalue weighted by Gasteiger charge is -2.22. The van der Waals surface area contributed by atoms with Gasteiger partial charge in [-0.2, -0.15) is 13.2 Å². The summed E-state index contributed by atoms with van der Waals surface area (Å²) in [5, 5.41) is 11.0. The van der Waals surface area contributed by atoms with Crippen LogP contribution in [0.3, 0.4) is 0 Å². The van der Waals surface area contributed by atoms with Gasteiger partial charge in [-0.15, -0.1) is 0 Å². The van der Waals surface area contributed by atoms with E-state index in [0.29, 0.717) is 4.90 Å². The molecule has 1 aromatic carbocycles. The summed E-state index contributed by atoms with van der Waals surface area (Å²) in [5.74, 6) is -0.703. The lowest BCUT2D eigenvalue weighted by Crippen LogP contribution is -2.43. The van der Waals surface area contributed by atoms with Gasteiger partial charge in [0, 0.05) is 17.8 Å². The summed E-state index contributed by atoms with van der Waals surface area (Å²) in [6.45, 7) is -0.946. The molecule has 2 N–H and O–H groups in total. The number of aliphatic hydroxyl groups excluding tert-OH is 1. The molecule has 112 valence electrons. The third-order valence-electron chi connectivity index (χ3n) is 2.29. The van der Waals surface area contributed by atoms with E-state index in [0.717, 1.165) is 19.2 Å². The van der Waals surface area contributed by atoms with Crippen molar-refractivity contribution in [2.45, 2.75) is 12.3 Å². The van der Waals surface area contributed by atoms with E-state index in [1.807, 2.05) is 0 Å². The number of hydrogen-bond acceptors (Lipinski definition) is 2. The van der Waals surface area contributed by atoms with Gasteiger partial charge >= 0.3 is 12.2 Å². The van der Waals surface area contributed by atoms with Gasteiger partial charge in [0.05, 0.1) is 6.54 Å². The molecular formula is C11H11ClF4N2O2. The molecule has 1 aromatic rings. The molecule has 0 fully saturated rings. The first-order chi connectivity index (χ1) is 9.09. The van der Waals surface area contributed by atoms with Gasteiger partial charge < -0.3 is 15.3 Å². The van der Waals surface area contributed by atoms with Crippen LogP contribution < -0.4 is 5.32 Å². The van der Waals surface area contributed by atoms with E-state index in [1.165, 1.54) is 6.07 Å². The van der Waals surface area contributed by atoms with Crippen LogP contribution in [0, 0.1) is 5.82 Å². The van der Waals surface area contributed by atoms with E-state index in [4.69, 9.17) is 16.7 Å². The summed E-state index contributed by atoms with van der Waals surface area (Å²) in [5.41, 5.74) is -0.00616. The Bertz CT molecular complexity index is 476. The number of carbonyl (C=O) groups excluding carboxylic acids is 1. The molecule has 0 bridgehead atoms. The maximum absolute atomic E-state index is 13.0. The van der Waals surface area contributed by atoms with Crippen molar-refractivity contribution in [2.75, 3.05) is 18.9 Å². The molecule has 4 nitrogen and oxygen atoms in total. The molecule has 1 rings (SSSR count). The molecular weight excluding hydrogens is 304 g/mol. The van der Waals surface area contributed by atoms with Gasteiger partial charge in [0.2, 0.25) is 0 Å². The van der Waals surface area contributed by atoms with Crippen LogP contribution in [0.1, 0.15) is 0 Å². The van der Waals surface area contributed by atoms with E-state index in [1.54, 1.807) is 0 Å². The number of halogens is 5. The number of nitrogens with zero attached hydrogens (tertiary/aromatic N) is 1. The summed E-state index contributed by atoms with van der Waals surface area (Å²) in [6, 6.07) is 2.26. The Balaban J connectivity index is 2.66. The quantitative estimate of drug-likeness (QED) is 0.843. The fourth-order valence-corrected chi connectivity index (χ4v) is 1.51. The van der Waals surface area contributed by atoms with Crippen LogP contribution in [0.4, 0.5) is 28.0 Å². The number of rotatable bonds is 3. The predicted molar refractivity (Wildman–Crippen MR) is 65.1 cm³/mol. The first kappa shape index (κ1) is 16.5. The topological polar surface area (TPSA) is 52.6 Å². The third kappa shape index (κ3) is 4.86. The molecule has 0 saturated heterocycles. The van der Waals surface area contributed by atoms with Crippen LogP contribution in [0.15, 0.2) is 18.2 Å². The largest absolute Gasteiger partial charge is 0.416 e. The third-order valence-corrected chi connectivity index (χ3v) is 2.50. The number of alkyl halides is 3. The minimum atomic E-state index is -4.82. The Hall–Kier alpha value is -1.54. The number of carbonyl (C=O) groups is 1. The van der Waals surface area contributed by atoms with Crippen molar-refractivity contribution in [3.63, 3.8) is 0 Å². The lowest BCUT2D eigenvalue weighted by molar-refractivity contribution is -0.205. The van der Waals surface area contributed by atoms with Crippen LogP contribution in [0.25, 0.3) is 0 Å². The number of nitrogens with one attached hydrogen (secondary N) is 1. The molecule has 9 heteroatoms. The Morgan fingerprint density at radius 3 is 2.55 bits per heavy atom. The first-order valence-electron chi connectivity index (χ1n) is 5.32. The molecule has 0 aliphatic rings. The highest BCUT2D eigenvalue weighted by Gasteiger charge is 2.39.